The van der Waals surface area contributed by atoms with Crippen LogP contribution in [0, 0.1) is 0 Å². The van der Waals surface area contributed by atoms with Gasteiger partial charge < -0.3 is 0 Å². The second-order valence-corrected chi connectivity index (χ2v) is 5.95. The summed E-state index contributed by atoms with van der Waals surface area (Å²) in [5.41, 5.74) is 5.02. The first kappa shape index (κ1) is 12.7. The predicted molar refractivity (Wildman–Crippen MR) is 82.9 cm³/mol. The van der Waals surface area contributed by atoms with E-state index < -0.39 is 0 Å². The average Bonchev–Trinajstić information content (AvgIpc) is 2.86. The van der Waals surface area contributed by atoms with Gasteiger partial charge in [-0.2, -0.15) is 0 Å². The number of hydrazine groups is 1. The second-order valence-electron chi connectivity index (χ2n) is 4.15. The van der Waals surface area contributed by atoms with Crippen LogP contribution >= 0.6 is 27.3 Å². The quantitative estimate of drug-likeness (QED) is 0.568. The zero-order valence-corrected chi connectivity index (χ0v) is 12.4. The molecule has 19 heavy (non-hydrogen) atoms. The van der Waals surface area contributed by atoms with E-state index in [1.165, 1.54) is 4.88 Å². The standard InChI is InChI=1S/C14H12BrN3S/c15-11-6-8-19-14(11)13(18-16)10-5-7-17-12-4-2-1-3-9(10)12/h1-8,13,18H,16H2. The first-order valence-electron chi connectivity index (χ1n) is 5.84. The molecule has 1 atom stereocenters. The predicted octanol–water partition coefficient (Wildman–Crippen LogP) is 3.61. The van der Waals surface area contributed by atoms with Gasteiger partial charge in [0.15, 0.2) is 0 Å². The van der Waals surface area contributed by atoms with Crippen molar-refractivity contribution in [3.63, 3.8) is 0 Å². The number of nitrogens with zero attached hydrogens (tertiary/aromatic N) is 1. The summed E-state index contributed by atoms with van der Waals surface area (Å²) in [4.78, 5) is 5.55. The van der Waals surface area contributed by atoms with Gasteiger partial charge in [0.1, 0.15) is 0 Å². The van der Waals surface area contributed by atoms with E-state index in [4.69, 9.17) is 5.84 Å². The van der Waals surface area contributed by atoms with Crippen molar-refractivity contribution in [2.75, 3.05) is 0 Å². The Balaban J connectivity index is 2.20. The minimum Gasteiger partial charge on any atom is -0.271 e. The van der Waals surface area contributed by atoms with Crippen LogP contribution in [0.1, 0.15) is 16.5 Å². The Bertz CT molecular complexity index is 705. The number of benzene rings is 1. The Morgan fingerprint density at radius 3 is 2.79 bits per heavy atom. The van der Waals surface area contributed by atoms with Crippen LogP contribution < -0.4 is 11.3 Å². The SMILES string of the molecule is NNC(c1sccc1Br)c1ccnc2ccccc12. The number of fused-ring (bicyclic) bond motifs is 1. The first-order valence-corrected chi connectivity index (χ1v) is 7.51. The summed E-state index contributed by atoms with van der Waals surface area (Å²) in [6.45, 7) is 0. The molecule has 5 heteroatoms. The molecular weight excluding hydrogens is 322 g/mol. The third-order valence-electron chi connectivity index (χ3n) is 3.07. The lowest BCUT2D eigenvalue weighted by molar-refractivity contribution is 0.648. The van der Waals surface area contributed by atoms with Crippen molar-refractivity contribution < 1.29 is 0 Å². The van der Waals surface area contributed by atoms with Gasteiger partial charge in [-0.05, 0) is 45.1 Å². The molecule has 0 spiro atoms. The normalized spacial score (nSPS) is 12.7. The molecule has 0 radical (unpaired) electrons. The Morgan fingerprint density at radius 2 is 2.05 bits per heavy atom. The molecule has 1 aromatic carbocycles. The number of thiophene rings is 1. The van der Waals surface area contributed by atoms with Gasteiger partial charge in [-0.15, -0.1) is 11.3 Å². The molecule has 0 saturated carbocycles. The van der Waals surface area contributed by atoms with E-state index in [2.05, 4.69) is 32.4 Å². The fraction of sp³-hybridized carbons (Fsp3) is 0.0714. The van der Waals surface area contributed by atoms with Crippen LogP contribution in [0.3, 0.4) is 0 Å². The van der Waals surface area contributed by atoms with Crippen molar-refractivity contribution >= 4 is 38.2 Å². The molecule has 0 bridgehead atoms. The molecule has 2 aromatic heterocycles. The number of hydrogen-bond acceptors (Lipinski definition) is 4. The number of rotatable bonds is 3. The molecule has 3 nitrogen and oxygen atoms in total. The Kier molecular flexibility index (Phi) is 3.61. The van der Waals surface area contributed by atoms with Crippen LogP contribution in [-0.4, -0.2) is 4.98 Å². The Labute approximate surface area is 123 Å². The fourth-order valence-corrected chi connectivity index (χ4v) is 3.87. The highest BCUT2D eigenvalue weighted by Crippen LogP contribution is 2.35. The summed E-state index contributed by atoms with van der Waals surface area (Å²) in [5, 5.41) is 3.17. The number of nitrogens with two attached hydrogens (primary N) is 1. The number of aromatic nitrogens is 1. The van der Waals surface area contributed by atoms with Gasteiger partial charge in [-0.3, -0.25) is 10.8 Å². The van der Waals surface area contributed by atoms with E-state index >= 15 is 0 Å². The monoisotopic (exact) mass is 333 g/mol. The summed E-state index contributed by atoms with van der Waals surface area (Å²) in [7, 11) is 0. The lowest BCUT2D eigenvalue weighted by Gasteiger charge is -2.17. The van der Waals surface area contributed by atoms with E-state index in [0.29, 0.717) is 0 Å². The number of nitrogens with one attached hydrogen (secondary N) is 1. The van der Waals surface area contributed by atoms with Gasteiger partial charge in [-0.25, -0.2) is 5.43 Å². The number of halogens is 1. The maximum Gasteiger partial charge on any atom is 0.0820 e. The van der Waals surface area contributed by atoms with Crippen molar-refractivity contribution in [1.82, 2.24) is 10.4 Å². The van der Waals surface area contributed by atoms with Gasteiger partial charge in [-0.1, -0.05) is 18.2 Å². The summed E-state index contributed by atoms with van der Waals surface area (Å²) in [5.74, 6) is 5.77. The molecule has 2 heterocycles. The summed E-state index contributed by atoms with van der Waals surface area (Å²) >= 11 is 5.24. The number of hydrogen-bond donors (Lipinski definition) is 2. The van der Waals surface area contributed by atoms with Gasteiger partial charge in [0, 0.05) is 20.9 Å². The zero-order chi connectivity index (χ0) is 13.2. The van der Waals surface area contributed by atoms with Gasteiger partial charge in [0.2, 0.25) is 0 Å². The van der Waals surface area contributed by atoms with Gasteiger partial charge in [0.05, 0.1) is 11.6 Å². The molecule has 0 aliphatic rings. The van der Waals surface area contributed by atoms with Crippen molar-refractivity contribution in [3.8, 4) is 0 Å². The maximum atomic E-state index is 5.77. The molecular formula is C14H12BrN3S. The molecule has 0 aliphatic heterocycles. The Hall–Kier alpha value is -1.27. The van der Waals surface area contributed by atoms with Crippen molar-refractivity contribution in [2.45, 2.75) is 6.04 Å². The fourth-order valence-electron chi connectivity index (χ4n) is 2.19. The lowest BCUT2D eigenvalue weighted by Crippen LogP contribution is -2.28. The van der Waals surface area contributed by atoms with Crippen LogP contribution in [0.15, 0.2) is 52.4 Å². The average molecular weight is 334 g/mol. The van der Waals surface area contributed by atoms with Crippen LogP contribution in [0.4, 0.5) is 0 Å². The molecule has 0 fully saturated rings. The first-order chi connectivity index (χ1) is 9.31. The van der Waals surface area contributed by atoms with Crippen LogP contribution in [-0.2, 0) is 0 Å². The number of pyridine rings is 1. The smallest absolute Gasteiger partial charge is 0.0820 e. The highest BCUT2D eigenvalue weighted by molar-refractivity contribution is 9.10. The molecule has 1 unspecified atom stereocenters. The molecule has 3 aromatic rings. The highest BCUT2D eigenvalue weighted by atomic mass is 79.9. The highest BCUT2D eigenvalue weighted by Gasteiger charge is 2.18. The van der Waals surface area contributed by atoms with Crippen molar-refractivity contribution in [3.05, 3.63) is 62.9 Å². The largest absolute Gasteiger partial charge is 0.271 e. The molecule has 3 rings (SSSR count). The van der Waals surface area contributed by atoms with E-state index in [1.54, 1.807) is 11.3 Å². The maximum absolute atomic E-state index is 5.77. The molecule has 0 aliphatic carbocycles. The molecule has 3 N–H and O–H groups in total. The van der Waals surface area contributed by atoms with E-state index in [1.807, 2.05) is 41.9 Å². The van der Waals surface area contributed by atoms with Crippen LogP contribution in [0.5, 0.6) is 0 Å². The van der Waals surface area contributed by atoms with Crippen LogP contribution in [0.25, 0.3) is 10.9 Å². The lowest BCUT2D eigenvalue weighted by atomic mass is 10.0. The third-order valence-corrected chi connectivity index (χ3v) is 5.00. The minimum atomic E-state index is -0.0396. The summed E-state index contributed by atoms with van der Waals surface area (Å²) in [6.07, 6.45) is 1.82. The number of para-hydroxylation sites is 1. The third kappa shape index (κ3) is 2.30. The Morgan fingerprint density at radius 1 is 1.21 bits per heavy atom. The van der Waals surface area contributed by atoms with Gasteiger partial charge in [0.25, 0.3) is 0 Å². The molecule has 0 saturated heterocycles. The minimum absolute atomic E-state index is 0.0396. The van der Waals surface area contributed by atoms with Gasteiger partial charge >= 0.3 is 0 Å². The second kappa shape index (κ2) is 5.38. The van der Waals surface area contributed by atoms with E-state index in [0.717, 1.165) is 20.9 Å². The molecule has 96 valence electrons. The van der Waals surface area contributed by atoms with Crippen LogP contribution in [0.2, 0.25) is 0 Å². The van der Waals surface area contributed by atoms with E-state index in [-0.39, 0.29) is 6.04 Å². The van der Waals surface area contributed by atoms with Crippen molar-refractivity contribution in [2.24, 2.45) is 5.84 Å². The summed E-state index contributed by atoms with van der Waals surface area (Å²) < 4.78 is 1.07. The zero-order valence-electron chi connectivity index (χ0n) is 10.0. The molecule has 0 amide bonds. The van der Waals surface area contributed by atoms with Crippen molar-refractivity contribution in [1.29, 1.82) is 0 Å². The topological polar surface area (TPSA) is 50.9 Å². The van der Waals surface area contributed by atoms with E-state index in [9.17, 15) is 0 Å². The summed E-state index contributed by atoms with van der Waals surface area (Å²) in [6, 6.07) is 12.1.